The smallest absolute Gasteiger partial charge is 0.144 e. The molecule has 0 aliphatic rings. The minimum atomic E-state index is 0.562. The number of hydrogen-bond acceptors (Lipinski definition) is 6. The maximum atomic E-state index is 5.74. The van der Waals surface area contributed by atoms with Crippen molar-refractivity contribution in [1.82, 2.24) is 15.0 Å². The Bertz CT molecular complexity index is 476. The molecule has 0 atom stereocenters. The van der Waals surface area contributed by atoms with Crippen molar-refractivity contribution in [1.29, 1.82) is 0 Å². The van der Waals surface area contributed by atoms with Crippen LogP contribution >= 0.6 is 23.4 Å². The first-order chi connectivity index (χ1) is 7.78. The summed E-state index contributed by atoms with van der Waals surface area (Å²) in [4.78, 5) is 12.1. The molecule has 7 heteroatoms. The van der Waals surface area contributed by atoms with E-state index in [2.05, 4.69) is 20.4 Å². The molecule has 2 aromatic rings. The molecule has 0 aromatic carbocycles. The Morgan fingerprint density at radius 2 is 2.06 bits per heavy atom. The SMILES string of the molecule is NNc1cc(Sc2ccc(Cl)cn2)ncn1. The average Bonchev–Trinajstić information content (AvgIpc) is 2.32. The van der Waals surface area contributed by atoms with Crippen LogP contribution in [0.1, 0.15) is 0 Å². The van der Waals surface area contributed by atoms with Crippen molar-refractivity contribution in [2.75, 3.05) is 5.43 Å². The number of hydrogen-bond donors (Lipinski definition) is 2. The van der Waals surface area contributed by atoms with Crippen molar-refractivity contribution in [2.24, 2.45) is 5.84 Å². The number of nitrogen functional groups attached to an aromatic ring is 1. The van der Waals surface area contributed by atoms with Crippen LogP contribution in [-0.2, 0) is 0 Å². The van der Waals surface area contributed by atoms with Gasteiger partial charge in [-0.25, -0.2) is 20.8 Å². The van der Waals surface area contributed by atoms with E-state index in [0.29, 0.717) is 10.8 Å². The number of hydrazine groups is 1. The highest BCUT2D eigenvalue weighted by atomic mass is 35.5. The highest BCUT2D eigenvalue weighted by Gasteiger charge is 2.01. The molecule has 2 rings (SSSR count). The zero-order valence-corrected chi connectivity index (χ0v) is 9.66. The summed E-state index contributed by atoms with van der Waals surface area (Å²) in [6.07, 6.45) is 3.03. The number of pyridine rings is 1. The lowest BCUT2D eigenvalue weighted by Crippen LogP contribution is -2.08. The Labute approximate surface area is 101 Å². The molecule has 0 fully saturated rings. The standard InChI is InChI=1S/C9H8ClN5S/c10-6-1-2-8(12-4-6)16-9-3-7(15-11)13-5-14-9/h1-5H,11H2,(H,13,14,15). The fourth-order valence-corrected chi connectivity index (χ4v) is 1.84. The minimum Gasteiger partial charge on any atom is -0.308 e. The van der Waals surface area contributed by atoms with Crippen LogP contribution in [0.3, 0.4) is 0 Å². The van der Waals surface area contributed by atoms with Gasteiger partial charge in [0.1, 0.15) is 22.2 Å². The van der Waals surface area contributed by atoms with Crippen LogP contribution < -0.4 is 11.3 Å². The van der Waals surface area contributed by atoms with Crippen molar-refractivity contribution in [3.05, 3.63) is 35.7 Å². The first-order valence-electron chi connectivity index (χ1n) is 4.36. The molecule has 0 amide bonds. The van der Waals surface area contributed by atoms with Gasteiger partial charge >= 0.3 is 0 Å². The molecule has 0 spiro atoms. The average molecular weight is 254 g/mol. The Balaban J connectivity index is 2.16. The number of anilines is 1. The monoisotopic (exact) mass is 253 g/mol. The van der Waals surface area contributed by atoms with E-state index in [4.69, 9.17) is 17.4 Å². The largest absolute Gasteiger partial charge is 0.308 e. The van der Waals surface area contributed by atoms with E-state index in [1.54, 1.807) is 18.3 Å². The molecule has 2 aromatic heterocycles. The predicted molar refractivity (Wildman–Crippen MR) is 63.2 cm³/mol. The third-order valence-corrected chi connectivity index (χ3v) is 2.81. The predicted octanol–water partition coefficient (Wildman–Crippen LogP) is 1.96. The lowest BCUT2D eigenvalue weighted by Gasteiger charge is -2.02. The van der Waals surface area contributed by atoms with Gasteiger partial charge in [0.05, 0.1) is 5.02 Å². The van der Waals surface area contributed by atoms with Crippen LogP contribution in [0.5, 0.6) is 0 Å². The summed E-state index contributed by atoms with van der Waals surface area (Å²) in [5, 5.41) is 2.18. The van der Waals surface area contributed by atoms with Gasteiger partial charge in [-0.1, -0.05) is 11.6 Å². The quantitative estimate of drug-likeness (QED) is 0.495. The maximum absolute atomic E-state index is 5.74. The second-order valence-corrected chi connectivity index (χ2v) is 4.28. The molecule has 2 heterocycles. The Hall–Kier alpha value is -1.37. The fraction of sp³-hybridized carbons (Fsp3) is 0. The molecule has 0 radical (unpaired) electrons. The van der Waals surface area contributed by atoms with E-state index in [9.17, 15) is 0 Å². The Morgan fingerprint density at radius 1 is 1.19 bits per heavy atom. The summed E-state index contributed by atoms with van der Waals surface area (Å²) >= 11 is 7.15. The first kappa shape index (κ1) is 11.1. The summed E-state index contributed by atoms with van der Waals surface area (Å²) in [5.74, 6) is 5.81. The van der Waals surface area contributed by atoms with E-state index in [1.165, 1.54) is 18.1 Å². The zero-order chi connectivity index (χ0) is 11.4. The van der Waals surface area contributed by atoms with Gasteiger partial charge in [0.25, 0.3) is 0 Å². The van der Waals surface area contributed by atoms with E-state index in [1.807, 2.05) is 6.07 Å². The molecule has 5 nitrogen and oxygen atoms in total. The van der Waals surface area contributed by atoms with E-state index in [-0.39, 0.29) is 0 Å². The maximum Gasteiger partial charge on any atom is 0.144 e. The molecular formula is C9H8ClN5S. The molecule has 0 saturated heterocycles. The van der Waals surface area contributed by atoms with Gasteiger partial charge in [-0.05, 0) is 23.9 Å². The van der Waals surface area contributed by atoms with Crippen molar-refractivity contribution >= 4 is 29.2 Å². The third-order valence-electron chi connectivity index (χ3n) is 1.70. The number of nitrogens with one attached hydrogen (secondary N) is 1. The molecule has 0 aliphatic carbocycles. The second kappa shape index (κ2) is 5.11. The molecule has 3 N–H and O–H groups in total. The van der Waals surface area contributed by atoms with Gasteiger partial charge in [0.2, 0.25) is 0 Å². The lowest BCUT2D eigenvalue weighted by molar-refractivity contribution is 1.03. The van der Waals surface area contributed by atoms with Crippen LogP contribution in [0.15, 0.2) is 40.8 Å². The molecule has 82 valence electrons. The zero-order valence-electron chi connectivity index (χ0n) is 8.09. The highest BCUT2D eigenvalue weighted by molar-refractivity contribution is 7.99. The summed E-state index contributed by atoms with van der Waals surface area (Å²) in [6, 6.07) is 5.34. The van der Waals surface area contributed by atoms with Gasteiger partial charge in [-0.15, -0.1) is 0 Å². The minimum absolute atomic E-state index is 0.562. The van der Waals surface area contributed by atoms with Crippen LogP contribution in [0.2, 0.25) is 5.02 Å². The number of aromatic nitrogens is 3. The van der Waals surface area contributed by atoms with Crippen LogP contribution in [-0.4, -0.2) is 15.0 Å². The summed E-state index contributed by atoms with van der Waals surface area (Å²) < 4.78 is 0. The Morgan fingerprint density at radius 3 is 2.75 bits per heavy atom. The highest BCUT2D eigenvalue weighted by Crippen LogP contribution is 2.25. The molecule has 16 heavy (non-hydrogen) atoms. The summed E-state index contributed by atoms with van der Waals surface area (Å²) in [7, 11) is 0. The number of nitrogens with two attached hydrogens (primary N) is 1. The lowest BCUT2D eigenvalue weighted by atomic mass is 10.5. The van der Waals surface area contributed by atoms with Gasteiger partial charge in [-0.3, -0.25) is 0 Å². The molecule has 0 unspecified atom stereocenters. The fourth-order valence-electron chi connectivity index (χ4n) is 1.00. The summed E-state index contributed by atoms with van der Waals surface area (Å²) in [5.41, 5.74) is 2.46. The van der Waals surface area contributed by atoms with E-state index >= 15 is 0 Å². The van der Waals surface area contributed by atoms with Crippen molar-refractivity contribution in [3.63, 3.8) is 0 Å². The number of rotatable bonds is 3. The first-order valence-corrected chi connectivity index (χ1v) is 5.55. The van der Waals surface area contributed by atoms with Gasteiger partial charge in [-0.2, -0.15) is 0 Å². The number of nitrogens with zero attached hydrogens (tertiary/aromatic N) is 3. The van der Waals surface area contributed by atoms with Crippen LogP contribution in [0, 0.1) is 0 Å². The van der Waals surface area contributed by atoms with E-state index in [0.717, 1.165) is 10.1 Å². The summed E-state index contributed by atoms with van der Waals surface area (Å²) in [6.45, 7) is 0. The van der Waals surface area contributed by atoms with Crippen LogP contribution in [0.25, 0.3) is 0 Å². The second-order valence-electron chi connectivity index (χ2n) is 2.80. The Kier molecular flexibility index (Phi) is 3.55. The van der Waals surface area contributed by atoms with Gasteiger partial charge in [0, 0.05) is 12.3 Å². The van der Waals surface area contributed by atoms with Crippen molar-refractivity contribution in [2.45, 2.75) is 10.1 Å². The van der Waals surface area contributed by atoms with Crippen LogP contribution in [0.4, 0.5) is 5.82 Å². The van der Waals surface area contributed by atoms with Gasteiger partial charge < -0.3 is 5.43 Å². The van der Waals surface area contributed by atoms with E-state index < -0.39 is 0 Å². The normalized spacial score (nSPS) is 10.1. The number of halogens is 1. The van der Waals surface area contributed by atoms with Crippen molar-refractivity contribution in [3.8, 4) is 0 Å². The molecule has 0 aliphatic heterocycles. The topological polar surface area (TPSA) is 76.7 Å². The molecular weight excluding hydrogens is 246 g/mol. The van der Waals surface area contributed by atoms with Gasteiger partial charge in [0.15, 0.2) is 0 Å². The molecule has 0 bridgehead atoms. The third kappa shape index (κ3) is 2.82. The van der Waals surface area contributed by atoms with Crippen molar-refractivity contribution < 1.29 is 0 Å². The molecule has 0 saturated carbocycles.